The van der Waals surface area contributed by atoms with Gasteiger partial charge in [0.1, 0.15) is 5.38 Å². The van der Waals surface area contributed by atoms with Crippen molar-refractivity contribution in [3.63, 3.8) is 0 Å². The predicted molar refractivity (Wildman–Crippen MR) is 56.6 cm³/mol. The van der Waals surface area contributed by atoms with E-state index < -0.39 is 5.38 Å². The predicted octanol–water partition coefficient (Wildman–Crippen LogP) is 1.64. The van der Waals surface area contributed by atoms with Crippen LogP contribution >= 0.6 is 11.6 Å². The van der Waals surface area contributed by atoms with Gasteiger partial charge < -0.3 is 9.64 Å². The van der Waals surface area contributed by atoms with Crippen molar-refractivity contribution in [1.82, 2.24) is 4.90 Å². The highest BCUT2D eigenvalue weighted by Gasteiger charge is 2.18. The van der Waals surface area contributed by atoms with Crippen LogP contribution in [0, 0.1) is 0 Å². The van der Waals surface area contributed by atoms with Crippen molar-refractivity contribution in [2.24, 2.45) is 0 Å². The molecule has 1 rings (SSSR count). The van der Waals surface area contributed by atoms with Gasteiger partial charge in [0.15, 0.2) is 0 Å². The van der Waals surface area contributed by atoms with Crippen LogP contribution in [0.15, 0.2) is 0 Å². The minimum absolute atomic E-state index is 0.0252. The average Bonchev–Trinajstić information content (AvgIpc) is 2.29. The SMILES string of the molecule is CC(Cl)C(=O)N1CCCCCOCC1. The van der Waals surface area contributed by atoms with E-state index in [9.17, 15) is 4.79 Å². The molecule has 1 fully saturated rings. The molecule has 1 amide bonds. The van der Waals surface area contributed by atoms with Gasteiger partial charge in [-0.1, -0.05) is 0 Å². The maximum atomic E-state index is 11.6. The standard InChI is InChI=1S/C10H18ClNO2/c1-9(11)10(13)12-5-3-2-4-7-14-8-6-12/h9H,2-8H2,1H3. The summed E-state index contributed by atoms with van der Waals surface area (Å²) in [6.07, 6.45) is 3.28. The molecule has 82 valence electrons. The molecule has 0 radical (unpaired) electrons. The molecule has 1 aliphatic rings. The highest BCUT2D eigenvalue weighted by atomic mass is 35.5. The highest BCUT2D eigenvalue weighted by Crippen LogP contribution is 2.07. The van der Waals surface area contributed by atoms with E-state index in [4.69, 9.17) is 16.3 Å². The first kappa shape index (κ1) is 11.8. The number of halogens is 1. The van der Waals surface area contributed by atoms with Crippen molar-refractivity contribution in [2.75, 3.05) is 26.3 Å². The molecule has 0 saturated carbocycles. The number of nitrogens with zero attached hydrogens (tertiary/aromatic N) is 1. The lowest BCUT2D eigenvalue weighted by Crippen LogP contribution is -2.38. The second kappa shape index (κ2) is 6.25. The van der Waals surface area contributed by atoms with Crippen LogP contribution in [-0.4, -0.2) is 42.5 Å². The Morgan fingerprint density at radius 3 is 2.79 bits per heavy atom. The molecule has 1 unspecified atom stereocenters. The van der Waals surface area contributed by atoms with Crippen molar-refractivity contribution in [3.8, 4) is 0 Å². The largest absolute Gasteiger partial charge is 0.380 e. The first-order valence-corrected chi connectivity index (χ1v) is 5.66. The summed E-state index contributed by atoms with van der Waals surface area (Å²) in [5.41, 5.74) is 0. The second-order valence-electron chi connectivity index (χ2n) is 3.61. The van der Waals surface area contributed by atoms with Crippen molar-refractivity contribution in [3.05, 3.63) is 0 Å². The lowest BCUT2D eigenvalue weighted by atomic mass is 10.2. The van der Waals surface area contributed by atoms with E-state index in [0.717, 1.165) is 32.4 Å². The molecule has 0 aromatic heterocycles. The average molecular weight is 220 g/mol. The third-order valence-electron chi connectivity index (χ3n) is 2.37. The van der Waals surface area contributed by atoms with E-state index in [2.05, 4.69) is 0 Å². The van der Waals surface area contributed by atoms with Gasteiger partial charge in [-0.25, -0.2) is 0 Å². The summed E-state index contributed by atoms with van der Waals surface area (Å²) in [6, 6.07) is 0. The minimum atomic E-state index is -0.421. The molecule has 3 nitrogen and oxygen atoms in total. The zero-order valence-electron chi connectivity index (χ0n) is 8.67. The van der Waals surface area contributed by atoms with Gasteiger partial charge >= 0.3 is 0 Å². The molecule has 1 heterocycles. The van der Waals surface area contributed by atoms with Crippen molar-refractivity contribution < 1.29 is 9.53 Å². The Balaban J connectivity index is 2.43. The molecule has 0 N–H and O–H groups in total. The highest BCUT2D eigenvalue weighted by molar-refractivity contribution is 6.30. The Morgan fingerprint density at radius 1 is 1.29 bits per heavy atom. The lowest BCUT2D eigenvalue weighted by molar-refractivity contribution is -0.131. The Labute approximate surface area is 90.4 Å². The third-order valence-corrected chi connectivity index (χ3v) is 2.56. The van der Waals surface area contributed by atoms with Crippen LogP contribution in [0.5, 0.6) is 0 Å². The monoisotopic (exact) mass is 219 g/mol. The summed E-state index contributed by atoms with van der Waals surface area (Å²) in [5, 5.41) is -0.421. The Hall–Kier alpha value is -0.280. The number of hydrogen-bond donors (Lipinski definition) is 0. The molecule has 14 heavy (non-hydrogen) atoms. The first-order valence-electron chi connectivity index (χ1n) is 5.22. The zero-order valence-corrected chi connectivity index (χ0v) is 9.42. The summed E-state index contributed by atoms with van der Waals surface area (Å²) in [5.74, 6) is 0.0252. The van der Waals surface area contributed by atoms with Crippen molar-refractivity contribution in [2.45, 2.75) is 31.6 Å². The number of amides is 1. The summed E-state index contributed by atoms with van der Waals surface area (Å²) < 4.78 is 5.38. The maximum absolute atomic E-state index is 11.6. The zero-order chi connectivity index (χ0) is 10.4. The second-order valence-corrected chi connectivity index (χ2v) is 4.27. The molecule has 1 atom stereocenters. The quantitative estimate of drug-likeness (QED) is 0.628. The van der Waals surface area contributed by atoms with Gasteiger partial charge in [-0.15, -0.1) is 11.6 Å². The van der Waals surface area contributed by atoms with E-state index in [0.29, 0.717) is 13.2 Å². The summed E-state index contributed by atoms with van der Waals surface area (Å²) in [7, 11) is 0. The molecule has 0 spiro atoms. The molecular formula is C10H18ClNO2. The number of carbonyl (C=O) groups is 1. The maximum Gasteiger partial charge on any atom is 0.240 e. The Kier molecular flexibility index (Phi) is 5.26. The third kappa shape index (κ3) is 3.84. The van der Waals surface area contributed by atoms with Gasteiger partial charge in [-0.05, 0) is 26.2 Å². The molecule has 1 aliphatic heterocycles. The van der Waals surface area contributed by atoms with Gasteiger partial charge in [-0.2, -0.15) is 0 Å². The fourth-order valence-corrected chi connectivity index (χ4v) is 1.68. The van der Waals surface area contributed by atoms with E-state index in [-0.39, 0.29) is 5.91 Å². The van der Waals surface area contributed by atoms with E-state index >= 15 is 0 Å². The number of ether oxygens (including phenoxy) is 1. The van der Waals surface area contributed by atoms with Crippen LogP contribution < -0.4 is 0 Å². The van der Waals surface area contributed by atoms with Crippen LogP contribution in [0.1, 0.15) is 26.2 Å². The smallest absolute Gasteiger partial charge is 0.240 e. The summed E-state index contributed by atoms with van der Waals surface area (Å²) in [4.78, 5) is 13.4. The topological polar surface area (TPSA) is 29.5 Å². The van der Waals surface area contributed by atoms with Crippen LogP contribution in [0.2, 0.25) is 0 Å². The van der Waals surface area contributed by atoms with Gasteiger partial charge in [0.05, 0.1) is 6.61 Å². The molecular weight excluding hydrogens is 202 g/mol. The van der Waals surface area contributed by atoms with Gasteiger partial charge in [-0.3, -0.25) is 4.79 Å². The van der Waals surface area contributed by atoms with Gasteiger partial charge in [0.2, 0.25) is 5.91 Å². The molecule has 0 aliphatic carbocycles. The van der Waals surface area contributed by atoms with Gasteiger partial charge in [0, 0.05) is 19.7 Å². The Morgan fingerprint density at radius 2 is 2.07 bits per heavy atom. The number of alkyl halides is 1. The van der Waals surface area contributed by atoms with Crippen molar-refractivity contribution >= 4 is 17.5 Å². The lowest BCUT2D eigenvalue weighted by Gasteiger charge is -2.22. The number of hydrogen-bond acceptors (Lipinski definition) is 2. The van der Waals surface area contributed by atoms with E-state index in [1.165, 1.54) is 0 Å². The number of carbonyl (C=O) groups excluding carboxylic acids is 1. The minimum Gasteiger partial charge on any atom is -0.380 e. The normalized spacial score (nSPS) is 22.0. The van der Waals surface area contributed by atoms with Crippen molar-refractivity contribution in [1.29, 1.82) is 0 Å². The van der Waals surface area contributed by atoms with E-state index in [1.807, 2.05) is 4.90 Å². The molecule has 0 aromatic carbocycles. The molecule has 4 heteroatoms. The van der Waals surface area contributed by atoms with Crippen LogP contribution in [0.3, 0.4) is 0 Å². The molecule has 0 bridgehead atoms. The van der Waals surface area contributed by atoms with Crippen LogP contribution in [0.4, 0.5) is 0 Å². The van der Waals surface area contributed by atoms with Crippen LogP contribution in [0.25, 0.3) is 0 Å². The summed E-state index contributed by atoms with van der Waals surface area (Å²) >= 11 is 5.76. The van der Waals surface area contributed by atoms with Gasteiger partial charge in [0.25, 0.3) is 0 Å². The summed E-state index contributed by atoms with van der Waals surface area (Å²) in [6.45, 7) is 4.67. The van der Waals surface area contributed by atoms with Crippen LogP contribution in [-0.2, 0) is 9.53 Å². The van der Waals surface area contributed by atoms with E-state index in [1.54, 1.807) is 6.92 Å². The first-order chi connectivity index (χ1) is 6.72. The molecule has 1 saturated heterocycles. The Bertz CT molecular complexity index is 175. The molecule has 0 aromatic rings. The fourth-order valence-electron chi connectivity index (χ4n) is 1.54. The fraction of sp³-hybridized carbons (Fsp3) is 0.900. The number of rotatable bonds is 1.